The van der Waals surface area contributed by atoms with Crippen molar-refractivity contribution in [1.82, 2.24) is 0 Å². The fourth-order valence-electron chi connectivity index (χ4n) is 0.699. The summed E-state index contributed by atoms with van der Waals surface area (Å²) < 4.78 is 12.4. The Balaban J connectivity index is 3.62. The predicted octanol–water partition coefficient (Wildman–Crippen LogP) is 2.20. The van der Waals surface area contributed by atoms with Crippen LogP contribution in [0, 0.1) is 5.41 Å². The summed E-state index contributed by atoms with van der Waals surface area (Å²) in [6, 6.07) is 0. The Kier molecular flexibility index (Phi) is 5.90. The monoisotopic (exact) mass is 332 g/mol. The molecular formula is C10H22O2SiTe. The zero-order valence-electron chi connectivity index (χ0n) is 10.1. The van der Waals surface area contributed by atoms with Gasteiger partial charge < -0.3 is 0 Å². The van der Waals surface area contributed by atoms with Crippen molar-refractivity contribution in [2.45, 2.75) is 40.4 Å². The van der Waals surface area contributed by atoms with Crippen molar-refractivity contribution in [2.24, 2.45) is 5.41 Å². The summed E-state index contributed by atoms with van der Waals surface area (Å²) in [5.41, 5.74) is 0.143. The number of rotatable bonds is 5. The number of hydrogen-bond acceptors (Lipinski definition) is 2. The van der Waals surface area contributed by atoms with Gasteiger partial charge in [0.2, 0.25) is 0 Å². The minimum absolute atomic E-state index is 0.143. The van der Waals surface area contributed by atoms with Gasteiger partial charge in [0.05, 0.1) is 0 Å². The van der Waals surface area contributed by atoms with Crippen LogP contribution in [0.1, 0.15) is 20.8 Å². The maximum absolute atomic E-state index is 5.69. The van der Waals surface area contributed by atoms with E-state index < -0.39 is 8.32 Å². The molecule has 0 aliphatic carbocycles. The molecule has 0 amide bonds. The van der Waals surface area contributed by atoms with Gasteiger partial charge in [0.15, 0.2) is 0 Å². The molecule has 2 nitrogen and oxygen atoms in total. The molecular weight excluding hydrogens is 308 g/mol. The first-order valence-corrected chi connectivity index (χ1v) is 9.51. The van der Waals surface area contributed by atoms with Crippen LogP contribution in [-0.4, -0.2) is 47.1 Å². The molecule has 0 saturated heterocycles. The van der Waals surface area contributed by atoms with E-state index in [0.717, 1.165) is 3.74 Å². The molecule has 0 radical (unpaired) electrons. The van der Waals surface area contributed by atoms with E-state index in [9.17, 15) is 0 Å². The van der Waals surface area contributed by atoms with Gasteiger partial charge in [-0.3, -0.25) is 0 Å². The maximum atomic E-state index is 5.69. The second kappa shape index (κ2) is 5.65. The summed E-state index contributed by atoms with van der Waals surface area (Å²) in [6.07, 6.45) is 0. The summed E-state index contributed by atoms with van der Waals surface area (Å²) in [7, 11) is -1.36. The molecule has 4 heteroatoms. The third kappa shape index (κ3) is 7.99. The zero-order valence-corrected chi connectivity index (χ0v) is 13.5. The van der Waals surface area contributed by atoms with E-state index in [2.05, 4.69) is 40.4 Å². The Morgan fingerprint density at radius 2 is 1.64 bits per heavy atom. The van der Waals surface area contributed by atoms with Crippen molar-refractivity contribution >= 4 is 33.9 Å². The third-order valence-corrected chi connectivity index (χ3v) is 4.62. The summed E-state index contributed by atoms with van der Waals surface area (Å²) in [5, 5.41) is 0. The first-order chi connectivity index (χ1) is 6.13. The molecule has 0 heterocycles. The van der Waals surface area contributed by atoms with Crippen LogP contribution in [0.4, 0.5) is 0 Å². The average Bonchev–Trinajstić information content (AvgIpc) is 1.93. The van der Waals surface area contributed by atoms with E-state index in [1.807, 2.05) is 21.8 Å². The van der Waals surface area contributed by atoms with Crippen LogP contribution in [0.15, 0.2) is 0 Å². The quantitative estimate of drug-likeness (QED) is 0.568. The van der Waals surface area contributed by atoms with E-state index in [1.54, 1.807) is 0 Å². The van der Waals surface area contributed by atoms with Crippen LogP contribution >= 0.6 is 0 Å². The molecule has 0 bridgehead atoms. The summed E-state index contributed by atoms with van der Waals surface area (Å²) in [5.74, 6) is 0. The van der Waals surface area contributed by atoms with Gasteiger partial charge >= 0.3 is 102 Å². The summed E-state index contributed by atoms with van der Waals surface area (Å²) in [6.45, 7) is 14.4. The Morgan fingerprint density at radius 3 is 2.00 bits per heavy atom. The molecule has 84 valence electrons. The number of ether oxygens (including phenoxy) is 1. The first kappa shape index (κ1) is 14.6. The molecule has 0 rings (SSSR count). The van der Waals surface area contributed by atoms with Crippen molar-refractivity contribution in [1.29, 1.82) is 0 Å². The zero-order chi connectivity index (χ0) is 11.4. The fourth-order valence-corrected chi connectivity index (χ4v) is 1.63. The normalized spacial score (nSPS) is 12.7. The molecule has 0 aromatic carbocycles. The van der Waals surface area contributed by atoms with Gasteiger partial charge in [-0.2, -0.15) is 0 Å². The SMILES string of the molecule is CC(C)(C)C(=[Te])OCCO[Si](C)(C)C. The molecule has 14 heavy (non-hydrogen) atoms. The second-order valence-corrected chi connectivity index (χ2v) is 10.9. The van der Waals surface area contributed by atoms with Gasteiger partial charge in [-0.15, -0.1) is 0 Å². The van der Waals surface area contributed by atoms with E-state index in [0.29, 0.717) is 13.2 Å². The van der Waals surface area contributed by atoms with E-state index in [4.69, 9.17) is 9.16 Å². The standard InChI is InChI=1S/C10H22O2SiTe/c1-10(2,3)9(14)11-7-8-12-13(4,5)6/h7-8H2,1-6H3. The van der Waals surface area contributed by atoms with Gasteiger partial charge in [0, 0.05) is 0 Å². The van der Waals surface area contributed by atoms with Crippen molar-refractivity contribution in [3.05, 3.63) is 0 Å². The Hall–Kier alpha value is 0.636. The van der Waals surface area contributed by atoms with Crippen LogP contribution in [0.3, 0.4) is 0 Å². The molecule has 0 fully saturated rings. The summed E-state index contributed by atoms with van der Waals surface area (Å²) >= 11 is 1.96. The molecule has 0 aliphatic rings. The van der Waals surface area contributed by atoms with E-state index >= 15 is 0 Å². The topological polar surface area (TPSA) is 18.5 Å². The molecule has 0 atom stereocenters. The molecule has 0 aromatic rings. The van der Waals surface area contributed by atoms with Gasteiger partial charge in [0.1, 0.15) is 0 Å². The van der Waals surface area contributed by atoms with Crippen molar-refractivity contribution in [3.8, 4) is 0 Å². The van der Waals surface area contributed by atoms with Gasteiger partial charge in [0.25, 0.3) is 0 Å². The van der Waals surface area contributed by atoms with Gasteiger partial charge in [-0.25, -0.2) is 0 Å². The Labute approximate surface area is 102 Å². The van der Waals surface area contributed by atoms with E-state index in [-0.39, 0.29) is 5.41 Å². The average molecular weight is 330 g/mol. The molecule has 0 spiro atoms. The van der Waals surface area contributed by atoms with Crippen LogP contribution < -0.4 is 0 Å². The second-order valence-electron chi connectivity index (χ2n) is 5.35. The minimum atomic E-state index is -1.36. The molecule has 0 aliphatic heterocycles. The van der Waals surface area contributed by atoms with E-state index in [1.165, 1.54) is 0 Å². The van der Waals surface area contributed by atoms with Crippen molar-refractivity contribution in [3.63, 3.8) is 0 Å². The van der Waals surface area contributed by atoms with Crippen LogP contribution in [0.25, 0.3) is 0 Å². The van der Waals surface area contributed by atoms with Crippen LogP contribution in [0.2, 0.25) is 19.6 Å². The first-order valence-electron chi connectivity index (χ1n) is 4.94. The fraction of sp³-hybridized carbons (Fsp3) is 0.900. The van der Waals surface area contributed by atoms with Gasteiger partial charge in [-0.05, 0) is 0 Å². The predicted molar refractivity (Wildman–Crippen MR) is 65.5 cm³/mol. The Morgan fingerprint density at radius 1 is 1.14 bits per heavy atom. The van der Waals surface area contributed by atoms with Crippen molar-refractivity contribution < 1.29 is 9.16 Å². The summed E-state index contributed by atoms with van der Waals surface area (Å²) in [4.78, 5) is 0. The number of hydrogen-bond donors (Lipinski definition) is 0. The molecule has 0 unspecified atom stereocenters. The van der Waals surface area contributed by atoms with Gasteiger partial charge in [-0.1, -0.05) is 0 Å². The van der Waals surface area contributed by atoms with Crippen LogP contribution in [-0.2, 0) is 9.16 Å². The molecule has 0 saturated carbocycles. The Bertz CT molecular complexity index is 191. The van der Waals surface area contributed by atoms with Crippen LogP contribution in [0.5, 0.6) is 0 Å². The van der Waals surface area contributed by atoms with Crippen molar-refractivity contribution in [2.75, 3.05) is 13.2 Å². The third-order valence-electron chi connectivity index (χ3n) is 1.46. The molecule has 0 aromatic heterocycles. The molecule has 0 N–H and O–H groups in total.